The second kappa shape index (κ2) is 16.2. The molecule has 0 spiro atoms. The molecule has 50 heavy (non-hydrogen) atoms. The average molecular weight is 714 g/mol. The van der Waals surface area contributed by atoms with Crippen molar-refractivity contribution in [3.63, 3.8) is 0 Å². The Morgan fingerprint density at radius 1 is 0.940 bits per heavy atom. The van der Waals surface area contributed by atoms with Crippen LogP contribution in [-0.4, -0.2) is 69.8 Å². The summed E-state index contributed by atoms with van der Waals surface area (Å²) in [6.45, 7) is 9.70. The Labute approximate surface area is 303 Å². The molecule has 2 aliphatic heterocycles. The van der Waals surface area contributed by atoms with E-state index in [0.717, 1.165) is 84.5 Å². The van der Waals surface area contributed by atoms with Crippen LogP contribution in [0.1, 0.15) is 53.8 Å². The molecule has 11 heteroatoms. The Kier molecular flexibility index (Phi) is 11.6. The predicted molar refractivity (Wildman–Crippen MR) is 196 cm³/mol. The van der Waals surface area contributed by atoms with Crippen molar-refractivity contribution in [3.05, 3.63) is 110 Å². The molecule has 2 amide bonds. The minimum absolute atomic E-state index is 0.258. The molecule has 4 aromatic rings. The number of fused-ring (bicyclic) bond motifs is 1. The molecule has 9 nitrogen and oxygen atoms in total. The summed E-state index contributed by atoms with van der Waals surface area (Å²) in [6.07, 6.45) is 1.50. The van der Waals surface area contributed by atoms with Crippen molar-refractivity contribution in [1.29, 1.82) is 0 Å². The normalized spacial score (nSPS) is 17.6. The third kappa shape index (κ3) is 8.58. The van der Waals surface area contributed by atoms with Gasteiger partial charge in [0.2, 0.25) is 0 Å². The van der Waals surface area contributed by atoms with E-state index in [-0.39, 0.29) is 6.54 Å². The van der Waals surface area contributed by atoms with Gasteiger partial charge in [-0.3, -0.25) is 19.2 Å². The quantitative estimate of drug-likeness (QED) is 0.178. The Morgan fingerprint density at radius 2 is 1.62 bits per heavy atom. The number of nitrogens with zero attached hydrogens (tertiary/aromatic N) is 4. The van der Waals surface area contributed by atoms with E-state index in [1.54, 1.807) is 0 Å². The summed E-state index contributed by atoms with van der Waals surface area (Å²) in [5, 5.41) is 9.81. The van der Waals surface area contributed by atoms with Gasteiger partial charge in [-0.15, -0.1) is 0 Å². The first-order chi connectivity index (χ1) is 24.2. The van der Waals surface area contributed by atoms with Crippen LogP contribution in [0.4, 0.5) is 0 Å². The average Bonchev–Trinajstić information content (AvgIpc) is 3.48. The molecular formula is C39H42Cl2N6O3. The number of carbonyl (C=O) groups excluding carboxylic acids is 2. The lowest BCUT2D eigenvalue weighted by Crippen LogP contribution is -2.49. The van der Waals surface area contributed by atoms with Crippen LogP contribution in [0.15, 0.2) is 66.7 Å². The van der Waals surface area contributed by atoms with Gasteiger partial charge in [0.25, 0.3) is 0 Å². The summed E-state index contributed by atoms with van der Waals surface area (Å²) < 4.78 is 7.77. The molecule has 0 saturated carbocycles. The Hall–Kier alpha value is -4.17. The Morgan fingerprint density at radius 3 is 2.30 bits per heavy atom. The summed E-state index contributed by atoms with van der Waals surface area (Å²) in [4.78, 5) is 28.4. The van der Waals surface area contributed by atoms with E-state index in [2.05, 4.69) is 52.7 Å². The molecule has 0 bridgehead atoms. The summed E-state index contributed by atoms with van der Waals surface area (Å²) >= 11 is 12.6. The van der Waals surface area contributed by atoms with E-state index in [0.29, 0.717) is 35.6 Å². The molecule has 1 saturated heterocycles. The highest BCUT2D eigenvalue weighted by Gasteiger charge is 2.30. The molecule has 0 aliphatic carbocycles. The number of halogens is 2. The highest BCUT2D eigenvalue weighted by Crippen LogP contribution is 2.32. The number of ether oxygens (including phenoxy) is 1. The summed E-state index contributed by atoms with van der Waals surface area (Å²) in [6, 6.07) is 22.4. The van der Waals surface area contributed by atoms with Gasteiger partial charge in [-0.05, 0) is 67.8 Å². The zero-order valence-electron chi connectivity index (χ0n) is 28.4. The first-order valence-corrected chi connectivity index (χ1v) is 17.8. The zero-order chi connectivity index (χ0) is 35.2. The fourth-order valence-electron chi connectivity index (χ4n) is 6.68. The van der Waals surface area contributed by atoms with Crippen molar-refractivity contribution >= 4 is 35.0 Å². The smallest absolute Gasteiger partial charge is 0.311 e. The highest BCUT2D eigenvalue weighted by atomic mass is 35.5. The molecular weight excluding hydrogens is 671 g/mol. The highest BCUT2D eigenvalue weighted by molar-refractivity contribution is 6.34. The maximum Gasteiger partial charge on any atom is 0.311 e. The fraction of sp³-hybridized carbons (Fsp3) is 0.359. The Bertz CT molecular complexity index is 1890. The lowest BCUT2D eigenvalue weighted by Gasteiger charge is -2.38. The lowest BCUT2D eigenvalue weighted by atomic mass is 9.99. The van der Waals surface area contributed by atoms with Crippen LogP contribution in [0.5, 0.6) is 0 Å². The van der Waals surface area contributed by atoms with E-state index in [1.807, 2.05) is 54.6 Å². The molecule has 2 aliphatic rings. The molecule has 1 fully saturated rings. The molecule has 3 aromatic carbocycles. The molecule has 2 unspecified atom stereocenters. The summed E-state index contributed by atoms with van der Waals surface area (Å²) in [7, 11) is 0. The minimum atomic E-state index is -0.956. The number of benzene rings is 3. The first-order valence-electron chi connectivity index (χ1n) is 17.0. The van der Waals surface area contributed by atoms with Crippen LogP contribution < -0.4 is 11.1 Å². The predicted octanol–water partition coefficient (Wildman–Crippen LogP) is 5.42. The largest absolute Gasteiger partial charge is 0.378 e. The monoisotopic (exact) mass is 712 g/mol. The summed E-state index contributed by atoms with van der Waals surface area (Å²) in [5.74, 6) is 4.86. The van der Waals surface area contributed by atoms with Gasteiger partial charge in [0.1, 0.15) is 0 Å². The van der Waals surface area contributed by atoms with Crippen molar-refractivity contribution in [1.82, 2.24) is 24.9 Å². The van der Waals surface area contributed by atoms with Gasteiger partial charge < -0.3 is 20.7 Å². The van der Waals surface area contributed by atoms with Crippen molar-refractivity contribution in [2.75, 3.05) is 26.3 Å². The van der Waals surface area contributed by atoms with Crippen LogP contribution in [-0.2, 0) is 46.9 Å². The third-order valence-electron chi connectivity index (χ3n) is 9.38. The second-order valence-electron chi connectivity index (χ2n) is 13.0. The number of nitrogens with two attached hydrogens (primary N) is 1. The van der Waals surface area contributed by atoms with Crippen LogP contribution in [0, 0.1) is 11.8 Å². The summed E-state index contributed by atoms with van der Waals surface area (Å²) in [5.41, 5.74) is 12.8. The van der Waals surface area contributed by atoms with E-state index < -0.39 is 11.8 Å². The molecule has 3 N–H and O–H groups in total. The molecule has 1 aromatic heterocycles. The first kappa shape index (κ1) is 35.6. The Balaban J connectivity index is 1.19. The topological polar surface area (TPSA) is 106 Å². The minimum Gasteiger partial charge on any atom is -0.378 e. The number of primary amides is 1. The number of carbonyl (C=O) groups is 2. The number of aryl methyl sites for hydroxylation is 1. The number of hydrogen-bond donors (Lipinski definition) is 2. The van der Waals surface area contributed by atoms with E-state index >= 15 is 0 Å². The van der Waals surface area contributed by atoms with Gasteiger partial charge in [0.05, 0.1) is 30.5 Å². The zero-order valence-corrected chi connectivity index (χ0v) is 29.9. The number of rotatable bonds is 9. The van der Waals surface area contributed by atoms with Gasteiger partial charge in [0, 0.05) is 84.2 Å². The van der Waals surface area contributed by atoms with Crippen molar-refractivity contribution in [2.24, 2.45) is 5.73 Å². The third-order valence-corrected chi connectivity index (χ3v) is 9.96. The van der Waals surface area contributed by atoms with Gasteiger partial charge >= 0.3 is 11.8 Å². The molecule has 0 radical (unpaired) electrons. The molecule has 260 valence electrons. The van der Waals surface area contributed by atoms with E-state index in [1.165, 1.54) is 10.5 Å². The van der Waals surface area contributed by atoms with E-state index in [4.69, 9.17) is 38.8 Å². The number of hydrogen-bond acceptors (Lipinski definition) is 6. The van der Waals surface area contributed by atoms with Crippen LogP contribution >= 0.6 is 23.2 Å². The maximum absolute atomic E-state index is 12.6. The lowest BCUT2D eigenvalue weighted by molar-refractivity contribution is -0.144. The number of morpholine rings is 1. The van der Waals surface area contributed by atoms with Crippen molar-refractivity contribution in [2.45, 2.75) is 65.0 Å². The van der Waals surface area contributed by atoms with Crippen LogP contribution in [0.2, 0.25) is 10.0 Å². The van der Waals surface area contributed by atoms with Crippen LogP contribution in [0.25, 0.3) is 11.3 Å². The molecule has 3 heterocycles. The van der Waals surface area contributed by atoms with Gasteiger partial charge in [-0.1, -0.05) is 65.4 Å². The number of amides is 2. The molecule has 2 atom stereocenters. The molecule has 6 rings (SSSR count). The SMILES string of the molecule is CC1COCC(C)N1CCCn1nc(-c2ccc(Cl)c(C#Cc3ccc(CNCc4ccc(Cl)cc4)cc3)c2)c2c1CCN(C(=O)C(N)=O)C2. The van der Waals surface area contributed by atoms with Gasteiger partial charge in [0.15, 0.2) is 0 Å². The number of nitrogens with one attached hydrogen (secondary N) is 1. The van der Waals surface area contributed by atoms with Gasteiger partial charge in [-0.25, -0.2) is 0 Å². The number of aromatic nitrogens is 2. The van der Waals surface area contributed by atoms with Crippen molar-refractivity contribution in [3.8, 4) is 23.1 Å². The fourth-order valence-corrected chi connectivity index (χ4v) is 6.97. The van der Waals surface area contributed by atoms with E-state index in [9.17, 15) is 9.59 Å². The van der Waals surface area contributed by atoms with Crippen LogP contribution in [0.3, 0.4) is 0 Å². The van der Waals surface area contributed by atoms with Gasteiger partial charge in [-0.2, -0.15) is 5.10 Å². The standard InChI is InChI=1S/C39H42Cl2N6O3/c1-26-24-50-25-27(2)46(26)17-3-18-47-36-16-19-45(39(49)38(42)48)23-34(36)37(44-47)32-12-15-35(41)31(20-32)11-8-28-4-6-29(7-5-28)21-43-22-30-9-13-33(40)14-10-30/h4-7,9-10,12-15,20,26-27,43H,3,16-19,21-25H2,1-2H3,(H2,42,48). The van der Waals surface area contributed by atoms with Crippen molar-refractivity contribution < 1.29 is 14.3 Å². The second-order valence-corrected chi connectivity index (χ2v) is 13.9. The maximum atomic E-state index is 12.6.